The molecule has 0 bridgehead atoms. The van der Waals surface area contributed by atoms with Gasteiger partial charge in [-0.2, -0.15) is 0 Å². The van der Waals surface area contributed by atoms with Crippen molar-refractivity contribution in [1.29, 1.82) is 0 Å². The van der Waals surface area contributed by atoms with Crippen molar-refractivity contribution < 1.29 is 13.9 Å². The number of aromatic nitrogens is 2. The van der Waals surface area contributed by atoms with Crippen molar-refractivity contribution in [2.45, 2.75) is 38.0 Å². The van der Waals surface area contributed by atoms with Crippen molar-refractivity contribution in [1.82, 2.24) is 20.4 Å². The number of carbonyl (C=O) groups is 1. The maximum Gasteiger partial charge on any atom is 0.251 e. The first kappa shape index (κ1) is 25.8. The smallest absolute Gasteiger partial charge is 0.251 e. The van der Waals surface area contributed by atoms with E-state index in [0.29, 0.717) is 42.3 Å². The summed E-state index contributed by atoms with van der Waals surface area (Å²) in [6.45, 7) is 8.02. The van der Waals surface area contributed by atoms with Gasteiger partial charge in [-0.3, -0.25) is 4.79 Å². The molecule has 8 heteroatoms. The molecule has 34 heavy (non-hydrogen) atoms. The highest BCUT2D eigenvalue weighted by molar-refractivity contribution is 7.98. The lowest BCUT2D eigenvalue weighted by molar-refractivity contribution is 0.0950. The number of likely N-dealkylation sites (tertiary alicyclic amines) is 1. The van der Waals surface area contributed by atoms with Crippen LogP contribution in [0.3, 0.4) is 0 Å². The van der Waals surface area contributed by atoms with Crippen molar-refractivity contribution in [3.05, 3.63) is 72.4 Å². The van der Waals surface area contributed by atoms with Gasteiger partial charge in [0.15, 0.2) is 0 Å². The van der Waals surface area contributed by atoms with Crippen LogP contribution < -0.4 is 5.32 Å². The molecule has 2 aromatic rings. The lowest BCUT2D eigenvalue weighted by Gasteiger charge is -2.19. The molecule has 3 rings (SSSR count). The van der Waals surface area contributed by atoms with E-state index in [1.54, 1.807) is 30.0 Å². The van der Waals surface area contributed by atoms with Gasteiger partial charge in [-0.1, -0.05) is 18.7 Å². The zero-order chi connectivity index (χ0) is 24.2. The molecule has 0 saturated carbocycles. The average molecular weight is 483 g/mol. The van der Waals surface area contributed by atoms with E-state index in [-0.39, 0.29) is 5.91 Å². The van der Waals surface area contributed by atoms with Gasteiger partial charge in [-0.15, -0.1) is 22.0 Å². The first-order chi connectivity index (χ1) is 16.6. The van der Waals surface area contributed by atoms with Crippen LogP contribution in [0.5, 0.6) is 0 Å². The van der Waals surface area contributed by atoms with E-state index in [9.17, 15) is 4.79 Å². The van der Waals surface area contributed by atoms with Gasteiger partial charge in [0.05, 0.1) is 12.4 Å². The van der Waals surface area contributed by atoms with Crippen molar-refractivity contribution in [3.8, 4) is 11.5 Å². The Labute approximate surface area is 206 Å². The van der Waals surface area contributed by atoms with Crippen LogP contribution >= 0.6 is 11.8 Å². The fourth-order valence-corrected chi connectivity index (χ4v) is 4.40. The van der Waals surface area contributed by atoms with Crippen LogP contribution in [0.4, 0.5) is 0 Å². The third-order valence-corrected chi connectivity index (χ3v) is 6.60. The summed E-state index contributed by atoms with van der Waals surface area (Å²) in [6.07, 6.45) is 10.8. The fourth-order valence-electron chi connectivity index (χ4n) is 3.76. The third-order valence-electron chi connectivity index (χ3n) is 5.70. The minimum Gasteiger partial charge on any atom is -0.493 e. The minimum atomic E-state index is -0.0573. The van der Waals surface area contributed by atoms with Crippen LogP contribution in [0.1, 0.15) is 42.4 Å². The molecule has 1 aliphatic rings. The van der Waals surface area contributed by atoms with Crippen LogP contribution in [0.25, 0.3) is 11.5 Å². The predicted molar refractivity (Wildman–Crippen MR) is 138 cm³/mol. The average Bonchev–Trinajstić information content (AvgIpc) is 3.50. The van der Waals surface area contributed by atoms with E-state index >= 15 is 0 Å². The van der Waals surface area contributed by atoms with Crippen molar-refractivity contribution in [3.63, 3.8) is 0 Å². The van der Waals surface area contributed by atoms with E-state index in [4.69, 9.17) is 9.15 Å². The van der Waals surface area contributed by atoms with Gasteiger partial charge in [0, 0.05) is 29.5 Å². The second-order valence-electron chi connectivity index (χ2n) is 8.09. The summed E-state index contributed by atoms with van der Waals surface area (Å²) >= 11 is 1.67. The molecular weight excluding hydrogens is 448 g/mol. The second-order valence-corrected chi connectivity index (χ2v) is 9.19. The fraction of sp³-hybridized carbons (Fsp3) is 0.423. The Morgan fingerprint density at radius 3 is 2.88 bits per heavy atom. The van der Waals surface area contributed by atoms with Crippen LogP contribution in [0.15, 0.2) is 65.3 Å². The van der Waals surface area contributed by atoms with Gasteiger partial charge in [-0.25, -0.2) is 0 Å². The van der Waals surface area contributed by atoms with Crippen LogP contribution in [-0.2, 0) is 10.5 Å². The van der Waals surface area contributed by atoms with Gasteiger partial charge in [-0.05, 0) is 76.2 Å². The molecule has 0 radical (unpaired) electrons. The zero-order valence-corrected chi connectivity index (χ0v) is 20.9. The van der Waals surface area contributed by atoms with Gasteiger partial charge in [0.25, 0.3) is 5.91 Å². The minimum absolute atomic E-state index is 0.0573. The summed E-state index contributed by atoms with van der Waals surface area (Å²) in [5.74, 6) is 3.20. The van der Waals surface area contributed by atoms with Crippen molar-refractivity contribution >= 4 is 17.7 Å². The monoisotopic (exact) mass is 482 g/mol. The molecular formula is C26H34N4O3S. The van der Waals surface area contributed by atoms with E-state index in [1.165, 1.54) is 12.8 Å². The van der Waals surface area contributed by atoms with Crippen molar-refractivity contribution in [2.24, 2.45) is 0 Å². The molecule has 2 heterocycles. The zero-order valence-electron chi connectivity index (χ0n) is 20.0. The summed E-state index contributed by atoms with van der Waals surface area (Å²) in [5.41, 5.74) is 1.42. The number of benzene rings is 1. The van der Waals surface area contributed by atoms with Crippen LogP contribution in [-0.4, -0.2) is 59.5 Å². The molecule has 1 saturated heterocycles. The predicted octanol–water partition coefficient (Wildman–Crippen LogP) is 4.85. The third kappa shape index (κ3) is 7.88. The highest BCUT2D eigenvalue weighted by Gasteiger charge is 2.20. The SMILES string of the molecule is C=C/C=C\C(=C/C)OCCSCc1nnc(-c2ccc(C(=O)NCCC3CCCN3C)cc2)o1. The maximum absolute atomic E-state index is 12.4. The van der Waals surface area contributed by atoms with E-state index in [1.807, 2.05) is 37.3 Å². The molecule has 0 aliphatic carbocycles. The Hall–Kier alpha value is -2.84. The van der Waals surface area contributed by atoms with Crippen LogP contribution in [0.2, 0.25) is 0 Å². The van der Waals surface area contributed by atoms with Gasteiger partial charge in [0.1, 0.15) is 5.76 Å². The summed E-state index contributed by atoms with van der Waals surface area (Å²) in [5, 5.41) is 11.3. The Bertz CT molecular complexity index is 984. The second kappa shape index (κ2) is 13.8. The first-order valence-electron chi connectivity index (χ1n) is 11.7. The van der Waals surface area contributed by atoms with E-state index in [0.717, 1.165) is 30.0 Å². The summed E-state index contributed by atoms with van der Waals surface area (Å²) in [6, 6.07) is 7.84. The molecule has 1 aromatic heterocycles. The summed E-state index contributed by atoms with van der Waals surface area (Å²) in [7, 11) is 2.15. The molecule has 1 N–H and O–H groups in total. The number of nitrogens with one attached hydrogen (secondary N) is 1. The topological polar surface area (TPSA) is 80.5 Å². The highest BCUT2D eigenvalue weighted by atomic mass is 32.2. The van der Waals surface area contributed by atoms with Gasteiger partial charge >= 0.3 is 0 Å². The molecule has 1 atom stereocenters. The molecule has 7 nitrogen and oxygen atoms in total. The molecule has 1 fully saturated rings. The quantitative estimate of drug-likeness (QED) is 0.248. The lowest BCUT2D eigenvalue weighted by Crippen LogP contribution is -2.31. The number of rotatable bonds is 13. The number of amides is 1. The standard InChI is InChI=1S/C26H34N4O3S/c1-4-6-9-23(5-2)32-17-18-34-19-24-28-29-26(33-24)21-12-10-20(11-13-21)25(31)27-15-14-22-8-7-16-30(22)3/h4-6,9-13,22H,1,7-8,14-19H2,2-3H3,(H,27,31)/b9-6-,23-5+. The first-order valence-corrected chi connectivity index (χ1v) is 12.8. The molecule has 1 amide bonds. The molecule has 1 aromatic carbocycles. The Morgan fingerprint density at radius 2 is 2.18 bits per heavy atom. The molecule has 1 aliphatic heterocycles. The Balaban J connectivity index is 1.40. The molecule has 0 spiro atoms. The van der Waals surface area contributed by atoms with Crippen LogP contribution in [0, 0.1) is 0 Å². The number of hydrogen-bond acceptors (Lipinski definition) is 7. The normalized spacial score (nSPS) is 16.8. The number of hydrogen-bond donors (Lipinski definition) is 1. The van der Waals surface area contributed by atoms with E-state index < -0.39 is 0 Å². The lowest BCUT2D eigenvalue weighted by atomic mass is 10.1. The number of carbonyl (C=O) groups excluding carboxylic acids is 1. The van der Waals surface area contributed by atoms with Gasteiger partial charge in [0.2, 0.25) is 11.8 Å². The molecule has 182 valence electrons. The molecule has 1 unspecified atom stereocenters. The largest absolute Gasteiger partial charge is 0.493 e. The Morgan fingerprint density at radius 1 is 1.35 bits per heavy atom. The summed E-state index contributed by atoms with van der Waals surface area (Å²) < 4.78 is 11.5. The number of nitrogens with zero attached hydrogens (tertiary/aromatic N) is 3. The number of thioether (sulfide) groups is 1. The number of allylic oxidation sites excluding steroid dienone is 4. The van der Waals surface area contributed by atoms with Gasteiger partial charge < -0.3 is 19.4 Å². The highest BCUT2D eigenvalue weighted by Crippen LogP contribution is 2.21. The van der Waals surface area contributed by atoms with Crippen molar-refractivity contribution in [2.75, 3.05) is 32.5 Å². The number of ether oxygens (including phenoxy) is 1. The summed E-state index contributed by atoms with van der Waals surface area (Å²) in [4.78, 5) is 14.8. The van der Waals surface area contributed by atoms with E-state index in [2.05, 4.69) is 34.0 Å². The Kier molecular flexibility index (Phi) is 10.4. The maximum atomic E-state index is 12.4.